The Morgan fingerprint density at radius 1 is 1.36 bits per heavy atom. The smallest absolute Gasteiger partial charge is 0.306 e. The van der Waals surface area contributed by atoms with Crippen molar-refractivity contribution < 1.29 is 19.1 Å². The first kappa shape index (κ1) is 21.8. The Morgan fingerprint density at radius 3 is 2.76 bits per heavy atom. The highest BCUT2D eigenvalue weighted by atomic mass is 35.5. The lowest BCUT2D eigenvalue weighted by atomic mass is 9.90. The second-order valence-electron chi connectivity index (χ2n) is 5.80. The number of benzene rings is 1. The number of nitrogens with two attached hydrogens (primary N) is 1. The summed E-state index contributed by atoms with van der Waals surface area (Å²) in [6.07, 6.45) is 1.46. The molecule has 0 spiro atoms. The van der Waals surface area contributed by atoms with E-state index in [-0.39, 0.29) is 24.3 Å². The molecule has 1 saturated heterocycles. The monoisotopic (exact) mass is 388 g/mol. The number of methoxy groups -OCH3 is 1. The maximum atomic E-state index is 12.4. The van der Waals surface area contributed by atoms with Crippen LogP contribution >= 0.6 is 24.2 Å². The van der Waals surface area contributed by atoms with Crippen molar-refractivity contribution >= 4 is 41.7 Å². The van der Waals surface area contributed by atoms with Gasteiger partial charge in [-0.05, 0) is 30.5 Å². The molecule has 140 valence electrons. The number of carbonyl (C=O) groups excluding carboxylic acids is 2. The van der Waals surface area contributed by atoms with E-state index in [1.807, 2.05) is 24.3 Å². The van der Waals surface area contributed by atoms with Crippen LogP contribution in [0.3, 0.4) is 0 Å². The molecular weight excluding hydrogens is 364 g/mol. The van der Waals surface area contributed by atoms with Gasteiger partial charge in [-0.1, -0.05) is 12.1 Å². The molecule has 0 aliphatic carbocycles. The molecule has 0 radical (unpaired) electrons. The second kappa shape index (κ2) is 10.7. The number of rotatable bonds is 7. The molecule has 0 atom stereocenters. The predicted octanol–water partition coefficient (Wildman–Crippen LogP) is 2.35. The number of carbonyl (C=O) groups is 2. The van der Waals surface area contributed by atoms with Gasteiger partial charge in [-0.3, -0.25) is 9.59 Å². The van der Waals surface area contributed by atoms with Crippen LogP contribution in [0.25, 0.3) is 0 Å². The predicted molar refractivity (Wildman–Crippen MR) is 102 cm³/mol. The fraction of sp³-hybridized carbons (Fsp3) is 0.529. The minimum atomic E-state index is -0.858. The number of amides is 1. The van der Waals surface area contributed by atoms with Crippen molar-refractivity contribution in [2.45, 2.75) is 30.6 Å². The van der Waals surface area contributed by atoms with Gasteiger partial charge in [0.25, 0.3) is 0 Å². The Labute approximate surface area is 158 Å². The largest absolute Gasteiger partial charge is 0.469 e. The first-order valence-corrected chi connectivity index (χ1v) is 9.10. The number of nitrogens with one attached hydrogen (secondary N) is 1. The molecule has 1 aromatic carbocycles. The number of esters is 1. The maximum absolute atomic E-state index is 12.4. The Bertz CT molecular complexity index is 580. The van der Waals surface area contributed by atoms with Crippen LogP contribution in [0.4, 0.5) is 5.69 Å². The fourth-order valence-corrected chi connectivity index (χ4v) is 3.28. The van der Waals surface area contributed by atoms with Crippen molar-refractivity contribution in [3.63, 3.8) is 0 Å². The lowest BCUT2D eigenvalue weighted by Gasteiger charge is -2.31. The summed E-state index contributed by atoms with van der Waals surface area (Å²) in [5, 5.41) is 2.91. The quantitative estimate of drug-likeness (QED) is 0.550. The van der Waals surface area contributed by atoms with E-state index in [0.29, 0.717) is 38.2 Å². The van der Waals surface area contributed by atoms with Gasteiger partial charge in [-0.25, -0.2) is 0 Å². The highest BCUT2D eigenvalue weighted by Gasteiger charge is 2.35. The minimum absolute atomic E-state index is 0. The van der Waals surface area contributed by atoms with Gasteiger partial charge in [0, 0.05) is 30.4 Å². The third-order valence-corrected chi connectivity index (χ3v) is 5.00. The van der Waals surface area contributed by atoms with E-state index in [1.54, 1.807) is 11.8 Å². The lowest BCUT2D eigenvalue weighted by molar-refractivity contribution is -0.140. The fourth-order valence-electron chi connectivity index (χ4n) is 2.40. The Morgan fingerprint density at radius 2 is 2.08 bits per heavy atom. The number of halogens is 1. The number of hydrogen-bond donors (Lipinski definition) is 2. The van der Waals surface area contributed by atoms with E-state index in [9.17, 15) is 9.59 Å². The molecule has 25 heavy (non-hydrogen) atoms. The molecule has 1 fully saturated rings. The molecule has 0 bridgehead atoms. The molecule has 6 nitrogen and oxygen atoms in total. The first-order valence-electron chi connectivity index (χ1n) is 7.95. The molecule has 2 rings (SSSR count). The zero-order valence-corrected chi connectivity index (χ0v) is 15.9. The third-order valence-electron chi connectivity index (χ3n) is 3.97. The van der Waals surface area contributed by atoms with Crippen LogP contribution in [0.1, 0.15) is 24.8 Å². The number of thioether (sulfide) groups is 1. The molecule has 8 heteroatoms. The zero-order valence-electron chi connectivity index (χ0n) is 14.3. The summed E-state index contributed by atoms with van der Waals surface area (Å²) in [5.41, 5.74) is 7.15. The number of anilines is 1. The zero-order chi connectivity index (χ0) is 17.4. The highest BCUT2D eigenvalue weighted by molar-refractivity contribution is 7.98. The van der Waals surface area contributed by atoms with E-state index in [0.717, 1.165) is 17.0 Å². The summed E-state index contributed by atoms with van der Waals surface area (Å²) in [7, 11) is 1.39. The van der Waals surface area contributed by atoms with Crippen LogP contribution < -0.4 is 11.1 Å². The van der Waals surface area contributed by atoms with E-state index >= 15 is 0 Å². The van der Waals surface area contributed by atoms with E-state index in [2.05, 4.69) is 10.1 Å². The van der Waals surface area contributed by atoms with Gasteiger partial charge >= 0.3 is 5.97 Å². The third kappa shape index (κ3) is 6.86. The summed E-state index contributed by atoms with van der Waals surface area (Å²) in [6, 6.07) is 7.68. The van der Waals surface area contributed by atoms with Crippen LogP contribution in [0.2, 0.25) is 0 Å². The average Bonchev–Trinajstić information content (AvgIpc) is 2.59. The molecule has 3 N–H and O–H groups in total. The van der Waals surface area contributed by atoms with Crippen molar-refractivity contribution in [1.82, 2.24) is 0 Å². The maximum Gasteiger partial charge on any atom is 0.306 e. The Hall–Kier alpha value is -1.28. The Kier molecular flexibility index (Phi) is 9.27. The summed E-state index contributed by atoms with van der Waals surface area (Å²) in [4.78, 5) is 23.5. The van der Waals surface area contributed by atoms with Crippen LogP contribution in [0.15, 0.2) is 24.3 Å². The van der Waals surface area contributed by atoms with E-state index < -0.39 is 5.54 Å². The summed E-state index contributed by atoms with van der Waals surface area (Å²) < 4.78 is 9.88. The van der Waals surface area contributed by atoms with Gasteiger partial charge in [-0.15, -0.1) is 12.4 Å². The van der Waals surface area contributed by atoms with Gasteiger partial charge in [-0.2, -0.15) is 11.8 Å². The van der Waals surface area contributed by atoms with Crippen molar-refractivity contribution in [3.05, 3.63) is 29.8 Å². The summed E-state index contributed by atoms with van der Waals surface area (Å²) in [5.74, 6) is 1.10. The Balaban J connectivity index is 0.00000312. The summed E-state index contributed by atoms with van der Waals surface area (Å²) in [6.45, 7) is 1.03. The number of hydrogen-bond acceptors (Lipinski definition) is 6. The summed E-state index contributed by atoms with van der Waals surface area (Å²) >= 11 is 1.65. The average molecular weight is 389 g/mol. The highest BCUT2D eigenvalue weighted by Crippen LogP contribution is 2.22. The van der Waals surface area contributed by atoms with Gasteiger partial charge in [0.15, 0.2) is 0 Å². The van der Waals surface area contributed by atoms with Gasteiger partial charge in [0.1, 0.15) is 5.54 Å². The molecule has 0 saturated carbocycles. The minimum Gasteiger partial charge on any atom is -0.469 e. The first-order chi connectivity index (χ1) is 11.5. The molecule has 0 unspecified atom stereocenters. The van der Waals surface area contributed by atoms with Crippen LogP contribution in [-0.4, -0.2) is 43.5 Å². The second-order valence-corrected chi connectivity index (χ2v) is 6.91. The van der Waals surface area contributed by atoms with Gasteiger partial charge in [0.05, 0.1) is 13.5 Å². The molecule has 1 aliphatic rings. The molecule has 1 aromatic rings. The van der Waals surface area contributed by atoms with E-state index in [1.165, 1.54) is 7.11 Å². The van der Waals surface area contributed by atoms with E-state index in [4.69, 9.17) is 10.5 Å². The van der Waals surface area contributed by atoms with Crippen molar-refractivity contribution in [2.24, 2.45) is 5.73 Å². The van der Waals surface area contributed by atoms with Gasteiger partial charge < -0.3 is 20.5 Å². The molecule has 1 amide bonds. The molecule has 1 heterocycles. The van der Waals surface area contributed by atoms with Crippen molar-refractivity contribution in [3.8, 4) is 0 Å². The number of ether oxygens (including phenoxy) is 2. The topological polar surface area (TPSA) is 90.7 Å². The molecule has 1 aliphatic heterocycles. The van der Waals surface area contributed by atoms with Crippen molar-refractivity contribution in [2.75, 3.05) is 31.4 Å². The molecular formula is C17H25ClN2O4S. The molecule has 0 aromatic heterocycles. The van der Waals surface area contributed by atoms with Crippen LogP contribution in [0.5, 0.6) is 0 Å². The normalized spacial score (nSPS) is 15.8. The van der Waals surface area contributed by atoms with Gasteiger partial charge in [0.2, 0.25) is 5.91 Å². The SMILES string of the molecule is COC(=O)CCSCc1cccc(NC(=O)C2(N)CCOCC2)c1.Cl. The van der Waals surface area contributed by atoms with Crippen LogP contribution in [-0.2, 0) is 24.8 Å². The lowest BCUT2D eigenvalue weighted by Crippen LogP contribution is -2.54. The van der Waals surface area contributed by atoms with Crippen molar-refractivity contribution in [1.29, 1.82) is 0 Å². The standard InChI is InChI=1S/C17H24N2O4S.ClH/c1-22-15(20)5-10-24-12-13-3-2-4-14(11-13)19-16(21)17(18)6-8-23-9-7-17;/h2-4,11H,5-10,12,18H2,1H3,(H,19,21);1H. The van der Waals surface area contributed by atoms with Crippen LogP contribution in [0, 0.1) is 0 Å².